The van der Waals surface area contributed by atoms with Crippen molar-refractivity contribution >= 4 is 65.4 Å². The molecule has 0 saturated carbocycles. The SMILES string of the molecule is [Rh].c1cnc2c(c1)ccc1cccnc12.c1cnc2c(c1)ccc1cccnc12.c1cnc2c(c1)ccc1cccnc12. The van der Waals surface area contributed by atoms with Crippen molar-refractivity contribution in [3.63, 3.8) is 0 Å². The van der Waals surface area contributed by atoms with E-state index >= 15 is 0 Å². The van der Waals surface area contributed by atoms with Crippen molar-refractivity contribution in [3.8, 4) is 0 Å². The molecule has 6 nitrogen and oxygen atoms in total. The minimum Gasteiger partial charge on any atom is -0.254 e. The zero-order chi connectivity index (χ0) is 28.1. The molecule has 0 fully saturated rings. The predicted molar refractivity (Wildman–Crippen MR) is 171 cm³/mol. The van der Waals surface area contributed by atoms with Crippen LogP contribution in [0.4, 0.5) is 0 Å². The molecule has 1 radical (unpaired) electrons. The third kappa shape index (κ3) is 5.76. The number of hydrogen-bond acceptors (Lipinski definition) is 6. The summed E-state index contributed by atoms with van der Waals surface area (Å²) in [6, 6.07) is 36.4. The van der Waals surface area contributed by atoms with Gasteiger partial charge in [-0.15, -0.1) is 0 Å². The minimum atomic E-state index is 0. The zero-order valence-electron chi connectivity index (χ0n) is 22.9. The van der Waals surface area contributed by atoms with Crippen LogP contribution in [0.15, 0.2) is 146 Å². The van der Waals surface area contributed by atoms with Crippen molar-refractivity contribution in [1.82, 2.24) is 29.9 Å². The quantitative estimate of drug-likeness (QED) is 0.122. The van der Waals surface area contributed by atoms with Gasteiger partial charge in [0.15, 0.2) is 0 Å². The fraction of sp³-hybridized carbons (Fsp3) is 0. The summed E-state index contributed by atoms with van der Waals surface area (Å²) >= 11 is 0. The minimum absolute atomic E-state index is 0. The third-order valence-electron chi connectivity index (χ3n) is 7.03. The van der Waals surface area contributed by atoms with Gasteiger partial charge in [0.2, 0.25) is 0 Å². The average molecular weight is 644 g/mol. The van der Waals surface area contributed by atoms with Crippen molar-refractivity contribution in [3.05, 3.63) is 146 Å². The second kappa shape index (κ2) is 12.7. The summed E-state index contributed by atoms with van der Waals surface area (Å²) in [5.74, 6) is 0. The van der Waals surface area contributed by atoms with Crippen LogP contribution in [-0.2, 0) is 19.5 Å². The first-order valence-electron chi connectivity index (χ1n) is 13.6. The Kier molecular flexibility index (Phi) is 8.25. The molecule has 0 aliphatic carbocycles. The van der Waals surface area contributed by atoms with Gasteiger partial charge in [-0.1, -0.05) is 72.8 Å². The van der Waals surface area contributed by atoms with Crippen molar-refractivity contribution in [1.29, 1.82) is 0 Å². The number of fused-ring (bicyclic) bond motifs is 9. The second-order valence-electron chi connectivity index (χ2n) is 9.65. The Morgan fingerprint density at radius 3 is 0.558 bits per heavy atom. The number of aromatic nitrogens is 6. The summed E-state index contributed by atoms with van der Waals surface area (Å²) in [4.78, 5) is 26.1. The van der Waals surface area contributed by atoms with Gasteiger partial charge < -0.3 is 0 Å². The number of rotatable bonds is 0. The molecule has 0 spiro atoms. The molecule has 207 valence electrons. The fourth-order valence-corrected chi connectivity index (χ4v) is 5.04. The Bertz CT molecular complexity index is 1910. The molecule has 9 aromatic rings. The van der Waals surface area contributed by atoms with Crippen molar-refractivity contribution in [2.45, 2.75) is 0 Å². The van der Waals surface area contributed by atoms with Gasteiger partial charge in [-0.25, -0.2) is 0 Å². The topological polar surface area (TPSA) is 77.3 Å². The van der Waals surface area contributed by atoms with Crippen LogP contribution >= 0.6 is 0 Å². The van der Waals surface area contributed by atoms with E-state index in [1.807, 2.05) is 36.4 Å². The number of nitrogens with zero attached hydrogens (tertiary/aromatic N) is 6. The Balaban J connectivity index is 0.000000113. The van der Waals surface area contributed by atoms with E-state index in [0.29, 0.717) is 0 Å². The van der Waals surface area contributed by atoms with E-state index in [4.69, 9.17) is 0 Å². The van der Waals surface area contributed by atoms with Crippen molar-refractivity contribution in [2.75, 3.05) is 0 Å². The summed E-state index contributed by atoms with van der Waals surface area (Å²) in [5, 5.41) is 6.83. The summed E-state index contributed by atoms with van der Waals surface area (Å²) in [6.07, 6.45) is 10.8. The van der Waals surface area contributed by atoms with Crippen LogP contribution in [0.5, 0.6) is 0 Å². The van der Waals surface area contributed by atoms with E-state index in [0.717, 1.165) is 65.4 Å². The predicted octanol–water partition coefficient (Wildman–Crippen LogP) is 8.35. The van der Waals surface area contributed by atoms with Crippen LogP contribution in [-0.4, -0.2) is 29.9 Å². The number of hydrogen-bond donors (Lipinski definition) is 0. The largest absolute Gasteiger partial charge is 0.254 e. The van der Waals surface area contributed by atoms with E-state index in [2.05, 4.69) is 103 Å². The first-order valence-corrected chi connectivity index (χ1v) is 13.6. The van der Waals surface area contributed by atoms with Gasteiger partial charge in [0.1, 0.15) is 0 Å². The molecule has 0 atom stereocenters. The molecule has 0 saturated heterocycles. The molecule has 9 rings (SSSR count). The summed E-state index contributed by atoms with van der Waals surface area (Å²) < 4.78 is 0. The fourth-order valence-electron chi connectivity index (χ4n) is 5.04. The van der Waals surface area contributed by atoms with Gasteiger partial charge in [-0.05, 0) is 36.4 Å². The molecule has 0 bridgehead atoms. The molecule has 0 unspecified atom stereocenters. The van der Waals surface area contributed by atoms with E-state index in [9.17, 15) is 0 Å². The van der Waals surface area contributed by atoms with E-state index in [-0.39, 0.29) is 19.5 Å². The molecular weight excluding hydrogens is 619 g/mol. The Hall–Kier alpha value is -5.26. The molecular formula is C36H24N6Rh. The Morgan fingerprint density at radius 1 is 0.233 bits per heavy atom. The summed E-state index contributed by atoms with van der Waals surface area (Å²) in [6.45, 7) is 0. The summed E-state index contributed by atoms with van der Waals surface area (Å²) in [5.41, 5.74) is 5.86. The second-order valence-corrected chi connectivity index (χ2v) is 9.65. The first kappa shape index (κ1) is 27.9. The van der Waals surface area contributed by atoms with Gasteiger partial charge in [0.25, 0.3) is 0 Å². The molecule has 7 heteroatoms. The molecule has 43 heavy (non-hydrogen) atoms. The van der Waals surface area contributed by atoms with Crippen molar-refractivity contribution in [2.24, 2.45) is 0 Å². The number of benzene rings is 3. The van der Waals surface area contributed by atoms with Crippen LogP contribution < -0.4 is 0 Å². The van der Waals surface area contributed by atoms with E-state index in [1.165, 1.54) is 0 Å². The smallest absolute Gasteiger partial charge is 0.0964 e. The van der Waals surface area contributed by atoms with Gasteiger partial charge in [0.05, 0.1) is 33.1 Å². The van der Waals surface area contributed by atoms with Crippen LogP contribution in [0.1, 0.15) is 0 Å². The van der Waals surface area contributed by atoms with E-state index in [1.54, 1.807) is 37.2 Å². The van der Waals surface area contributed by atoms with Crippen molar-refractivity contribution < 1.29 is 19.5 Å². The van der Waals surface area contributed by atoms with Crippen LogP contribution in [0, 0.1) is 0 Å². The normalized spacial score (nSPS) is 10.6. The van der Waals surface area contributed by atoms with Crippen LogP contribution in [0.3, 0.4) is 0 Å². The van der Waals surface area contributed by atoms with E-state index < -0.39 is 0 Å². The molecule has 0 amide bonds. The van der Waals surface area contributed by atoms with Gasteiger partial charge in [0, 0.05) is 89.0 Å². The molecule has 0 aliphatic rings. The third-order valence-corrected chi connectivity index (χ3v) is 7.03. The molecule has 6 heterocycles. The number of pyridine rings is 6. The molecule has 6 aromatic heterocycles. The molecule has 3 aromatic carbocycles. The monoisotopic (exact) mass is 643 g/mol. The first-order chi connectivity index (χ1) is 20.8. The zero-order valence-corrected chi connectivity index (χ0v) is 24.5. The summed E-state index contributed by atoms with van der Waals surface area (Å²) in [7, 11) is 0. The van der Waals surface area contributed by atoms with Crippen LogP contribution in [0.2, 0.25) is 0 Å². The maximum absolute atomic E-state index is 4.35. The maximum Gasteiger partial charge on any atom is 0.0964 e. The van der Waals surface area contributed by atoms with Gasteiger partial charge in [-0.3, -0.25) is 29.9 Å². The van der Waals surface area contributed by atoms with Crippen LogP contribution in [0.25, 0.3) is 65.4 Å². The Morgan fingerprint density at radius 2 is 0.395 bits per heavy atom. The standard InChI is InChI=1S/3C12H8N2.Rh/c3*1-3-9-5-6-10-4-2-8-14-12(10)11(9)13-7-1;/h3*1-8H;. The molecule has 0 aliphatic heterocycles. The average Bonchev–Trinajstić information content (AvgIpc) is 3.09. The molecule has 0 N–H and O–H groups in total. The van der Waals surface area contributed by atoms with Gasteiger partial charge in [-0.2, -0.15) is 0 Å². The Labute approximate surface area is 260 Å². The maximum atomic E-state index is 4.35. The van der Waals surface area contributed by atoms with Gasteiger partial charge >= 0.3 is 0 Å².